The van der Waals surface area contributed by atoms with Gasteiger partial charge in [-0.1, -0.05) is 25.0 Å². The van der Waals surface area contributed by atoms with Crippen molar-refractivity contribution in [2.45, 2.75) is 39.5 Å². The molecular formula is C14H24N2O2. The zero-order valence-electron chi connectivity index (χ0n) is 11.3. The average Bonchev–Trinajstić information content (AvgIpc) is 3.11. The van der Waals surface area contributed by atoms with Gasteiger partial charge in [0.2, 0.25) is 11.8 Å². The number of nitrogens with one attached hydrogen (secondary N) is 1. The minimum atomic E-state index is -0.381. The van der Waals surface area contributed by atoms with Gasteiger partial charge in [0, 0.05) is 6.54 Å². The van der Waals surface area contributed by atoms with Crippen molar-refractivity contribution in [3.05, 3.63) is 12.2 Å². The van der Waals surface area contributed by atoms with Gasteiger partial charge < -0.3 is 11.1 Å². The van der Waals surface area contributed by atoms with Gasteiger partial charge in [-0.3, -0.25) is 9.59 Å². The fourth-order valence-corrected chi connectivity index (χ4v) is 2.23. The van der Waals surface area contributed by atoms with Crippen molar-refractivity contribution in [2.24, 2.45) is 23.5 Å². The number of hydrogen-bond donors (Lipinski definition) is 2. The summed E-state index contributed by atoms with van der Waals surface area (Å²) in [5.74, 6) is -0.452. The number of carbonyl (C=O) groups is 2. The fraction of sp³-hybridized carbons (Fsp3) is 0.714. The summed E-state index contributed by atoms with van der Waals surface area (Å²) in [5, 5.41) is 2.82. The van der Waals surface area contributed by atoms with Gasteiger partial charge in [-0.15, -0.1) is 0 Å². The van der Waals surface area contributed by atoms with Crippen molar-refractivity contribution >= 4 is 11.8 Å². The molecule has 0 bridgehead atoms. The van der Waals surface area contributed by atoms with E-state index in [4.69, 9.17) is 5.73 Å². The highest BCUT2D eigenvalue weighted by Crippen LogP contribution is 2.38. The van der Waals surface area contributed by atoms with Crippen LogP contribution in [0.3, 0.4) is 0 Å². The number of amides is 2. The van der Waals surface area contributed by atoms with E-state index in [0.29, 0.717) is 18.9 Å². The van der Waals surface area contributed by atoms with Crippen molar-refractivity contribution in [3.63, 3.8) is 0 Å². The van der Waals surface area contributed by atoms with Crippen LogP contribution < -0.4 is 11.1 Å². The maximum absolute atomic E-state index is 12.1. The van der Waals surface area contributed by atoms with Crippen LogP contribution in [-0.2, 0) is 9.59 Å². The van der Waals surface area contributed by atoms with Gasteiger partial charge >= 0.3 is 0 Å². The molecule has 0 saturated heterocycles. The van der Waals surface area contributed by atoms with Crippen molar-refractivity contribution in [1.82, 2.24) is 5.32 Å². The standard InChI is InChI=1S/C14H24N2O2/c1-3-5-6-11(13(15)17)12(9-10-7-8-10)14(18)16-4-2/h3,5,10-12H,4,6-9H2,1-2H3,(H2,15,17)(H,16,18)/b5-3+/t11-,12+/m0/s1. The molecule has 1 fully saturated rings. The summed E-state index contributed by atoms with van der Waals surface area (Å²) in [6, 6.07) is 0. The molecule has 0 aliphatic heterocycles. The van der Waals surface area contributed by atoms with Gasteiger partial charge in [-0.2, -0.15) is 0 Å². The number of primary amides is 1. The first-order valence-corrected chi connectivity index (χ1v) is 6.78. The van der Waals surface area contributed by atoms with Gasteiger partial charge in [0.05, 0.1) is 11.8 Å². The Morgan fingerprint density at radius 3 is 2.50 bits per heavy atom. The molecule has 102 valence electrons. The van der Waals surface area contributed by atoms with Crippen molar-refractivity contribution in [1.29, 1.82) is 0 Å². The van der Waals surface area contributed by atoms with Gasteiger partial charge in [-0.25, -0.2) is 0 Å². The number of nitrogens with two attached hydrogens (primary N) is 1. The summed E-state index contributed by atoms with van der Waals surface area (Å²) in [5.41, 5.74) is 5.46. The van der Waals surface area contributed by atoms with Crippen LogP contribution in [0, 0.1) is 17.8 Å². The molecule has 0 radical (unpaired) electrons. The summed E-state index contributed by atoms with van der Waals surface area (Å²) >= 11 is 0. The Kier molecular flexibility index (Phi) is 5.89. The molecule has 0 aromatic carbocycles. The molecule has 18 heavy (non-hydrogen) atoms. The minimum absolute atomic E-state index is 0.0299. The second-order valence-electron chi connectivity index (χ2n) is 4.99. The maximum Gasteiger partial charge on any atom is 0.223 e. The first-order valence-electron chi connectivity index (χ1n) is 6.78. The Morgan fingerprint density at radius 2 is 2.06 bits per heavy atom. The van der Waals surface area contributed by atoms with Crippen LogP contribution in [-0.4, -0.2) is 18.4 Å². The Labute approximate surface area is 109 Å². The number of rotatable bonds is 8. The third-order valence-corrected chi connectivity index (χ3v) is 3.45. The van der Waals surface area contributed by atoms with Crippen LogP contribution in [0.1, 0.15) is 39.5 Å². The van der Waals surface area contributed by atoms with E-state index in [-0.39, 0.29) is 23.7 Å². The third kappa shape index (κ3) is 4.51. The van der Waals surface area contributed by atoms with E-state index in [2.05, 4.69) is 5.32 Å². The average molecular weight is 252 g/mol. The van der Waals surface area contributed by atoms with Gasteiger partial charge in [0.15, 0.2) is 0 Å². The van der Waals surface area contributed by atoms with Crippen molar-refractivity contribution in [3.8, 4) is 0 Å². The maximum atomic E-state index is 12.1. The van der Waals surface area contributed by atoms with Crippen LogP contribution in [0.5, 0.6) is 0 Å². The van der Waals surface area contributed by atoms with E-state index >= 15 is 0 Å². The van der Waals surface area contributed by atoms with E-state index in [0.717, 1.165) is 6.42 Å². The molecule has 4 nitrogen and oxygen atoms in total. The van der Waals surface area contributed by atoms with E-state index in [9.17, 15) is 9.59 Å². The van der Waals surface area contributed by atoms with Crippen molar-refractivity contribution < 1.29 is 9.59 Å². The highest BCUT2D eigenvalue weighted by Gasteiger charge is 2.36. The highest BCUT2D eigenvalue weighted by molar-refractivity contribution is 5.87. The molecular weight excluding hydrogens is 228 g/mol. The van der Waals surface area contributed by atoms with Crippen LogP contribution >= 0.6 is 0 Å². The summed E-state index contributed by atoms with van der Waals surface area (Å²) in [6.45, 7) is 4.38. The normalized spacial score (nSPS) is 18.6. The molecule has 1 rings (SSSR count). The van der Waals surface area contributed by atoms with Gasteiger partial charge in [-0.05, 0) is 32.6 Å². The van der Waals surface area contributed by atoms with Crippen LogP contribution in [0.25, 0.3) is 0 Å². The molecule has 4 heteroatoms. The number of hydrogen-bond acceptors (Lipinski definition) is 2. The van der Waals surface area contributed by atoms with E-state index in [1.54, 1.807) is 0 Å². The smallest absolute Gasteiger partial charge is 0.223 e. The summed E-state index contributed by atoms with van der Waals surface area (Å²) < 4.78 is 0. The molecule has 3 N–H and O–H groups in total. The monoisotopic (exact) mass is 252 g/mol. The van der Waals surface area contributed by atoms with E-state index < -0.39 is 0 Å². The highest BCUT2D eigenvalue weighted by atomic mass is 16.2. The number of carbonyl (C=O) groups excluding carboxylic acids is 2. The molecule has 1 saturated carbocycles. The SMILES string of the molecule is C/C=C/C[C@H](C(N)=O)[C@@H](CC1CC1)C(=O)NCC. The molecule has 1 aliphatic carbocycles. The lowest BCUT2D eigenvalue weighted by Gasteiger charge is -2.23. The van der Waals surface area contributed by atoms with Crippen LogP contribution in [0.4, 0.5) is 0 Å². The minimum Gasteiger partial charge on any atom is -0.369 e. The molecule has 0 spiro atoms. The van der Waals surface area contributed by atoms with E-state index in [1.165, 1.54) is 12.8 Å². The van der Waals surface area contributed by atoms with E-state index in [1.807, 2.05) is 26.0 Å². The summed E-state index contributed by atoms with van der Waals surface area (Å²) in [6.07, 6.45) is 7.49. The largest absolute Gasteiger partial charge is 0.369 e. The first-order chi connectivity index (χ1) is 8.60. The number of allylic oxidation sites excluding steroid dienone is 2. The Hall–Kier alpha value is -1.32. The van der Waals surface area contributed by atoms with Crippen LogP contribution in [0.15, 0.2) is 12.2 Å². The predicted molar refractivity (Wildman–Crippen MR) is 71.6 cm³/mol. The summed E-state index contributed by atoms with van der Waals surface area (Å²) in [7, 11) is 0. The Balaban J connectivity index is 2.74. The lowest BCUT2D eigenvalue weighted by molar-refractivity contribution is -0.133. The first kappa shape index (κ1) is 14.7. The fourth-order valence-electron chi connectivity index (χ4n) is 2.23. The quantitative estimate of drug-likeness (QED) is 0.644. The summed E-state index contributed by atoms with van der Waals surface area (Å²) in [4.78, 5) is 23.6. The molecule has 0 aromatic heterocycles. The molecule has 2 atom stereocenters. The molecule has 0 heterocycles. The van der Waals surface area contributed by atoms with Crippen LogP contribution in [0.2, 0.25) is 0 Å². The zero-order valence-corrected chi connectivity index (χ0v) is 11.3. The zero-order chi connectivity index (χ0) is 13.5. The lowest BCUT2D eigenvalue weighted by atomic mass is 9.84. The molecule has 0 aromatic rings. The molecule has 2 amide bonds. The van der Waals surface area contributed by atoms with Gasteiger partial charge in [0.25, 0.3) is 0 Å². The second kappa shape index (κ2) is 7.19. The topological polar surface area (TPSA) is 72.2 Å². The second-order valence-corrected chi connectivity index (χ2v) is 4.99. The lowest BCUT2D eigenvalue weighted by Crippen LogP contribution is -2.40. The third-order valence-electron chi connectivity index (χ3n) is 3.45. The molecule has 1 aliphatic rings. The Morgan fingerprint density at radius 1 is 1.39 bits per heavy atom. The Bertz CT molecular complexity index is 322. The van der Waals surface area contributed by atoms with Crippen molar-refractivity contribution in [2.75, 3.05) is 6.54 Å². The molecule has 0 unspecified atom stereocenters. The van der Waals surface area contributed by atoms with Gasteiger partial charge in [0.1, 0.15) is 0 Å². The predicted octanol–water partition coefficient (Wildman–Crippen LogP) is 1.61.